The number of nitrogens with zero attached hydrogens (tertiary/aromatic N) is 4. The quantitative estimate of drug-likeness (QED) is 0.0936. The molecule has 12 nitrogen and oxygen atoms in total. The molecule has 7 aromatic rings. The van der Waals surface area contributed by atoms with Gasteiger partial charge in [-0.25, -0.2) is 9.97 Å². The SMILES string of the molecule is CC(C)(C)c1cc(-c2c3nc(c(-c4c(NC(=O)[C@H]5CC5(C)C)cccc4NC(=O)[C@H]4CC4(C)C)c4ccc([n-]4)c(-c4cc(C(C)(C)C)cc(C(C)(C)C)c4)c4nc(c(-c5c(NC(=O)[C@H]6CC6(C)C)cccc5NC(=O)[C@H]5CC5(C)C)c5ccc2[n-]5)C=C4)C=C3)cc(C(C)(C)C)c1.[Co+2]. The Labute approximate surface area is 584 Å². The van der Waals surface area contributed by atoms with Crippen LogP contribution in [0.5, 0.6) is 0 Å². The fourth-order valence-electron chi connectivity index (χ4n) is 14.1. The van der Waals surface area contributed by atoms with E-state index < -0.39 is 0 Å². The standard InChI is InChI=1S/C84H98N8O4.Co/c1-77(2,3)47-35-45(36-48(39-47)78(4,5)6)67-59-27-31-63(85-59)71(69-55(89-73(93)51-41-81(51,13)14)23-21-24-56(69)90-74(94)52-42-82(52,15)16)65-33-29-61(87-65)68(46-37-49(79(7,8)9)40-50(38-46)80(10,11)12)62-30-34-66(88-62)72(64-32-28-60(67)86-64)70-57(91-75(95)53-43-83(53,17)18)25-22-26-58(70)92-76(96)54-44-84(54,19)20;/h21-40,51-54H,41-44H2,1-20H3,(H6,85,86,87,88,89,90,91,92,93,94,95,96);/q;+2/p-2/t51-,52-,53-,54-;/m1./s1. The van der Waals surface area contributed by atoms with Gasteiger partial charge in [0.15, 0.2) is 0 Å². The molecule has 13 heteroatoms. The van der Waals surface area contributed by atoms with Gasteiger partial charge in [-0.1, -0.05) is 211 Å². The van der Waals surface area contributed by atoms with Gasteiger partial charge in [0.05, 0.1) is 45.5 Å². The van der Waals surface area contributed by atoms with Crippen LogP contribution in [0.3, 0.4) is 0 Å². The van der Waals surface area contributed by atoms with Gasteiger partial charge in [0.1, 0.15) is 0 Å². The fraction of sp³-hybridized carbons (Fsp3) is 0.429. The van der Waals surface area contributed by atoms with Gasteiger partial charge in [0.25, 0.3) is 0 Å². The second-order valence-electron chi connectivity index (χ2n) is 35.4. The summed E-state index contributed by atoms with van der Waals surface area (Å²) in [5, 5.41) is 13.6. The Kier molecular flexibility index (Phi) is 16.7. The maximum Gasteiger partial charge on any atom is 2.00 e. The largest absolute Gasteiger partial charge is 2.00 e. The van der Waals surface area contributed by atoms with Gasteiger partial charge >= 0.3 is 16.8 Å². The summed E-state index contributed by atoms with van der Waals surface area (Å²) < 4.78 is 0. The number of anilines is 4. The number of amides is 4. The molecule has 0 unspecified atom stereocenters. The topological polar surface area (TPSA) is 170 Å². The minimum Gasteiger partial charge on any atom is -0.657 e. The Morgan fingerprint density at radius 3 is 0.784 bits per heavy atom. The zero-order chi connectivity index (χ0) is 69.1. The molecule has 4 atom stereocenters. The maximum atomic E-state index is 14.6. The molecule has 4 amide bonds. The number of nitrogens with one attached hydrogen (secondary N) is 4. The van der Waals surface area contributed by atoms with Crippen molar-refractivity contribution >= 4 is 92.7 Å². The van der Waals surface area contributed by atoms with Gasteiger partial charge in [-0.3, -0.25) is 19.2 Å². The monoisotopic (exact) mass is 1340 g/mol. The summed E-state index contributed by atoms with van der Waals surface area (Å²) in [6, 6.07) is 33.3. The van der Waals surface area contributed by atoms with Crippen molar-refractivity contribution in [2.45, 2.75) is 186 Å². The molecule has 4 aliphatic carbocycles. The molecule has 97 heavy (non-hydrogen) atoms. The zero-order valence-corrected chi connectivity index (χ0v) is 61.5. The first kappa shape index (κ1) is 68.8. The number of benzene rings is 4. The third kappa shape index (κ3) is 13.4. The van der Waals surface area contributed by atoms with E-state index >= 15 is 0 Å². The summed E-state index contributed by atoms with van der Waals surface area (Å²) in [7, 11) is 0. The van der Waals surface area contributed by atoms with Crippen LogP contribution in [-0.4, -0.2) is 33.6 Å². The van der Waals surface area contributed by atoms with Crippen molar-refractivity contribution in [3.05, 3.63) is 142 Å². The summed E-state index contributed by atoms with van der Waals surface area (Å²) in [6.07, 6.45) is 11.2. The molecule has 4 aromatic carbocycles. The van der Waals surface area contributed by atoms with Crippen LogP contribution in [-0.2, 0) is 57.6 Å². The Bertz CT molecular complexity index is 4240. The van der Waals surface area contributed by atoms with Crippen molar-refractivity contribution in [2.24, 2.45) is 45.3 Å². The van der Waals surface area contributed by atoms with Crippen LogP contribution in [0.25, 0.3) is 90.9 Å². The van der Waals surface area contributed by atoms with Crippen LogP contribution in [0.15, 0.2) is 97.1 Å². The van der Waals surface area contributed by atoms with Crippen LogP contribution in [0.1, 0.15) is 209 Å². The summed E-state index contributed by atoms with van der Waals surface area (Å²) in [5.41, 5.74) is 15.6. The molecular formula is C84H96CoN8O4. The molecule has 0 spiro atoms. The second-order valence-corrected chi connectivity index (χ2v) is 35.4. The molecule has 0 saturated heterocycles. The number of hydrogen-bond acceptors (Lipinski definition) is 6. The average Bonchev–Trinajstić information content (AvgIpc) is 1.66. The van der Waals surface area contributed by atoms with E-state index in [-0.39, 0.29) is 107 Å². The number of hydrogen-bond donors (Lipinski definition) is 4. The third-order valence-corrected chi connectivity index (χ3v) is 21.5. The van der Waals surface area contributed by atoms with E-state index in [0.29, 0.717) is 89.8 Å². The van der Waals surface area contributed by atoms with Crippen molar-refractivity contribution in [1.29, 1.82) is 0 Å². The average molecular weight is 1340 g/mol. The minimum absolute atomic E-state index is 0. The molecule has 4 N–H and O–H groups in total. The molecule has 3 aromatic heterocycles. The van der Waals surface area contributed by atoms with Crippen LogP contribution in [0.4, 0.5) is 22.7 Å². The Hall–Kier alpha value is -8.13. The van der Waals surface area contributed by atoms with Crippen molar-refractivity contribution in [3.63, 3.8) is 0 Å². The van der Waals surface area contributed by atoms with E-state index in [1.165, 1.54) is 0 Å². The normalized spacial score (nSPS) is 19.9. The number of carbonyl (C=O) groups excluding carboxylic acids is 4. The molecule has 13 rings (SSSR count). The molecule has 505 valence electrons. The molecule has 4 saturated carbocycles. The van der Waals surface area contributed by atoms with Gasteiger partial charge in [-0.2, -0.15) is 0 Å². The molecule has 2 aliphatic heterocycles. The van der Waals surface area contributed by atoms with Crippen molar-refractivity contribution in [3.8, 4) is 44.5 Å². The van der Waals surface area contributed by atoms with E-state index in [4.69, 9.17) is 19.9 Å². The number of carbonyl (C=O) groups is 4. The van der Waals surface area contributed by atoms with Gasteiger partial charge in [-0.15, -0.1) is 22.1 Å². The molecule has 8 bridgehead atoms. The van der Waals surface area contributed by atoms with Crippen molar-refractivity contribution in [1.82, 2.24) is 19.9 Å². The third-order valence-electron chi connectivity index (χ3n) is 21.5. The predicted molar refractivity (Wildman–Crippen MR) is 395 cm³/mol. The minimum atomic E-state index is -0.257. The van der Waals surface area contributed by atoms with E-state index in [1.54, 1.807) is 0 Å². The van der Waals surface area contributed by atoms with E-state index in [2.05, 4.69) is 220 Å². The predicted octanol–water partition coefficient (Wildman–Crippen LogP) is 19.7. The molecular weight excluding hydrogens is 1240 g/mol. The van der Waals surface area contributed by atoms with Crippen LogP contribution < -0.4 is 31.2 Å². The molecule has 6 aliphatic rings. The first-order chi connectivity index (χ1) is 44.7. The molecule has 4 fully saturated rings. The van der Waals surface area contributed by atoms with Crippen LogP contribution in [0, 0.1) is 45.3 Å². The first-order valence-electron chi connectivity index (χ1n) is 34.6. The van der Waals surface area contributed by atoms with Gasteiger partial charge in [-0.05, 0) is 173 Å². The molecule has 1 radical (unpaired) electrons. The van der Waals surface area contributed by atoms with E-state index in [9.17, 15) is 19.2 Å². The summed E-state index contributed by atoms with van der Waals surface area (Å²) in [4.78, 5) is 81.6. The van der Waals surface area contributed by atoms with Crippen molar-refractivity contribution in [2.75, 3.05) is 21.3 Å². The first-order valence-corrected chi connectivity index (χ1v) is 34.6. The summed E-state index contributed by atoms with van der Waals surface area (Å²) >= 11 is 0. The Morgan fingerprint density at radius 2 is 0.567 bits per heavy atom. The fourth-order valence-corrected chi connectivity index (χ4v) is 14.1. The van der Waals surface area contributed by atoms with Crippen molar-refractivity contribution < 1.29 is 36.0 Å². The van der Waals surface area contributed by atoms with E-state index in [0.717, 1.165) is 70.2 Å². The Morgan fingerprint density at radius 1 is 0.351 bits per heavy atom. The maximum absolute atomic E-state index is 14.6. The van der Waals surface area contributed by atoms with E-state index in [1.807, 2.05) is 60.7 Å². The zero-order valence-electron chi connectivity index (χ0n) is 60.4. The molecule has 5 heterocycles. The van der Waals surface area contributed by atoms with Crippen LogP contribution in [0.2, 0.25) is 0 Å². The number of aromatic nitrogens is 4. The smallest absolute Gasteiger partial charge is 0.657 e. The number of fused-ring (bicyclic) bond motifs is 8. The summed E-state index contributed by atoms with van der Waals surface area (Å²) in [5.74, 6) is -1.16. The van der Waals surface area contributed by atoms with Gasteiger partial charge in [0.2, 0.25) is 23.6 Å². The summed E-state index contributed by atoms with van der Waals surface area (Å²) in [6.45, 7) is 43.8. The van der Waals surface area contributed by atoms with Gasteiger partial charge in [0, 0.05) is 34.8 Å². The Balaban J connectivity index is 0.00000897. The van der Waals surface area contributed by atoms with Crippen LogP contribution >= 0.6 is 0 Å². The number of rotatable bonds is 12. The second kappa shape index (κ2) is 23.5. The van der Waals surface area contributed by atoms with Gasteiger partial charge < -0.3 is 31.2 Å².